The molecule has 0 bridgehead atoms. The van der Waals surface area contributed by atoms with Gasteiger partial charge < -0.3 is 15.0 Å². The van der Waals surface area contributed by atoms with Crippen molar-refractivity contribution in [2.75, 3.05) is 45.9 Å². The normalized spacial score (nSPS) is 22.1. The Labute approximate surface area is 161 Å². The van der Waals surface area contributed by atoms with Crippen molar-refractivity contribution in [1.82, 2.24) is 15.1 Å². The van der Waals surface area contributed by atoms with Crippen LogP contribution in [-0.4, -0.2) is 67.7 Å². The average molecular weight is 447 g/mol. The van der Waals surface area contributed by atoms with Gasteiger partial charge in [0.1, 0.15) is 6.10 Å². The van der Waals surface area contributed by atoms with Crippen molar-refractivity contribution in [3.63, 3.8) is 0 Å². The summed E-state index contributed by atoms with van der Waals surface area (Å²) in [6.07, 6.45) is -0.293. The van der Waals surface area contributed by atoms with Crippen LogP contribution in [0.4, 0.5) is 0 Å². The van der Waals surface area contributed by atoms with Gasteiger partial charge in [-0.15, -0.1) is 36.2 Å². The smallest absolute Gasteiger partial charge is 0.253 e. The second-order valence-corrected chi connectivity index (χ2v) is 7.92. The first-order valence-electron chi connectivity index (χ1n) is 7.30. The Morgan fingerprint density at radius 1 is 1.30 bits per heavy atom. The van der Waals surface area contributed by atoms with Crippen molar-refractivity contribution in [3.8, 4) is 0 Å². The molecule has 3 heterocycles. The Kier molecular flexibility index (Phi) is 9.36. The lowest BCUT2D eigenvalue weighted by atomic mass is 10.2. The highest BCUT2D eigenvalue weighted by molar-refractivity contribution is 9.11. The summed E-state index contributed by atoms with van der Waals surface area (Å²) < 4.78 is 6.72. The molecule has 1 unspecified atom stereocenters. The van der Waals surface area contributed by atoms with Gasteiger partial charge in [0, 0.05) is 50.7 Å². The van der Waals surface area contributed by atoms with Crippen molar-refractivity contribution in [1.29, 1.82) is 0 Å². The summed E-state index contributed by atoms with van der Waals surface area (Å²) in [7, 11) is 0. The van der Waals surface area contributed by atoms with Gasteiger partial charge in [-0.1, -0.05) is 0 Å². The Morgan fingerprint density at radius 3 is 2.61 bits per heavy atom. The Bertz CT molecular complexity index is 492. The number of hydrogen-bond acceptors (Lipinski definition) is 5. The van der Waals surface area contributed by atoms with Crippen LogP contribution >= 0.6 is 52.1 Å². The Hall–Kier alpha value is 0.110. The van der Waals surface area contributed by atoms with Gasteiger partial charge in [-0.25, -0.2) is 0 Å². The quantitative estimate of drug-likeness (QED) is 0.771. The first kappa shape index (κ1) is 21.2. The molecule has 1 amide bonds. The number of nitrogens with one attached hydrogen (secondary N) is 1. The van der Waals surface area contributed by atoms with Crippen LogP contribution in [0.1, 0.15) is 4.88 Å². The molecule has 2 aliphatic heterocycles. The minimum absolute atomic E-state index is 0. The molecule has 5 nitrogen and oxygen atoms in total. The summed E-state index contributed by atoms with van der Waals surface area (Å²) in [6.45, 7) is 6.54. The zero-order valence-electron chi connectivity index (χ0n) is 12.7. The fourth-order valence-electron chi connectivity index (χ4n) is 2.71. The summed E-state index contributed by atoms with van der Waals surface area (Å²) in [5.41, 5.74) is 0. The van der Waals surface area contributed by atoms with Crippen LogP contribution in [0.3, 0.4) is 0 Å². The van der Waals surface area contributed by atoms with Crippen molar-refractivity contribution in [2.45, 2.75) is 12.6 Å². The fraction of sp³-hybridized carbons (Fsp3) is 0.643. The third-order valence-electron chi connectivity index (χ3n) is 3.90. The molecule has 1 aromatic rings. The molecule has 1 atom stereocenters. The number of halogens is 3. The molecule has 1 aromatic heterocycles. The number of nitrogens with zero attached hydrogens (tertiary/aromatic N) is 2. The highest BCUT2D eigenvalue weighted by Gasteiger charge is 2.29. The minimum Gasteiger partial charge on any atom is -0.366 e. The maximum atomic E-state index is 12.4. The number of piperazine rings is 1. The second-order valence-electron chi connectivity index (χ2n) is 5.37. The predicted octanol–water partition coefficient (Wildman–Crippen LogP) is 1.99. The van der Waals surface area contributed by atoms with Crippen LogP contribution in [0.5, 0.6) is 0 Å². The van der Waals surface area contributed by atoms with E-state index in [9.17, 15) is 4.79 Å². The van der Waals surface area contributed by atoms with Gasteiger partial charge in [0.15, 0.2) is 0 Å². The molecule has 0 aromatic carbocycles. The first-order chi connectivity index (χ1) is 10.2. The maximum Gasteiger partial charge on any atom is 0.253 e. The number of ether oxygens (including phenoxy) is 1. The molecule has 132 valence electrons. The van der Waals surface area contributed by atoms with E-state index in [0.29, 0.717) is 13.2 Å². The van der Waals surface area contributed by atoms with Crippen LogP contribution in [0.25, 0.3) is 0 Å². The van der Waals surface area contributed by atoms with E-state index in [2.05, 4.69) is 38.3 Å². The summed E-state index contributed by atoms with van der Waals surface area (Å²) in [5, 5.41) is 3.21. The van der Waals surface area contributed by atoms with Crippen LogP contribution in [0.15, 0.2) is 15.9 Å². The number of hydrogen-bond donors (Lipinski definition) is 1. The molecule has 0 radical (unpaired) electrons. The second kappa shape index (κ2) is 10.2. The van der Waals surface area contributed by atoms with Crippen molar-refractivity contribution < 1.29 is 9.53 Å². The summed E-state index contributed by atoms with van der Waals surface area (Å²) in [4.78, 5) is 18.1. The van der Waals surface area contributed by atoms with Crippen LogP contribution in [-0.2, 0) is 16.1 Å². The van der Waals surface area contributed by atoms with Crippen LogP contribution in [0, 0.1) is 0 Å². The molecule has 0 spiro atoms. The SMILES string of the molecule is Cl.Cl.O=C(C1CNCCO1)N1CCN(Cc2ccc(Br)s2)CC1. The van der Waals surface area contributed by atoms with Crippen molar-refractivity contribution >= 4 is 58.0 Å². The topological polar surface area (TPSA) is 44.8 Å². The van der Waals surface area contributed by atoms with Gasteiger partial charge in [0.25, 0.3) is 5.91 Å². The average Bonchev–Trinajstić information content (AvgIpc) is 2.93. The summed E-state index contributed by atoms with van der Waals surface area (Å²) in [5.74, 6) is 0.140. The van der Waals surface area contributed by atoms with Gasteiger partial charge in [0.2, 0.25) is 0 Å². The Balaban J connectivity index is 0.00000132. The lowest BCUT2D eigenvalue weighted by molar-refractivity contribution is -0.147. The molecule has 0 aliphatic carbocycles. The first-order valence-corrected chi connectivity index (χ1v) is 8.91. The molecule has 2 aliphatic rings. The zero-order valence-corrected chi connectivity index (χ0v) is 16.7. The number of morpholine rings is 1. The lowest BCUT2D eigenvalue weighted by Gasteiger charge is -2.36. The van der Waals surface area contributed by atoms with Crippen LogP contribution < -0.4 is 5.32 Å². The van der Waals surface area contributed by atoms with E-state index < -0.39 is 0 Å². The van der Waals surface area contributed by atoms with E-state index >= 15 is 0 Å². The molecule has 23 heavy (non-hydrogen) atoms. The van der Waals surface area contributed by atoms with E-state index in [0.717, 1.165) is 39.3 Å². The predicted molar refractivity (Wildman–Crippen MR) is 101 cm³/mol. The Morgan fingerprint density at radius 2 is 2.04 bits per heavy atom. The number of carbonyl (C=O) groups excluding carboxylic acids is 1. The van der Waals surface area contributed by atoms with Gasteiger partial charge in [-0.3, -0.25) is 9.69 Å². The minimum atomic E-state index is -0.293. The third-order valence-corrected chi connectivity index (χ3v) is 5.50. The maximum absolute atomic E-state index is 12.4. The van der Waals surface area contributed by atoms with Gasteiger partial charge >= 0.3 is 0 Å². The van der Waals surface area contributed by atoms with Gasteiger partial charge in [-0.05, 0) is 28.1 Å². The largest absolute Gasteiger partial charge is 0.366 e. The fourth-order valence-corrected chi connectivity index (χ4v) is 4.24. The standard InChI is InChI=1S/C14H20BrN3O2S.2ClH/c15-13-2-1-11(21-13)10-17-4-6-18(7-5-17)14(19)12-9-16-3-8-20-12;;/h1-2,12,16H,3-10H2;2*1H. The number of rotatable bonds is 3. The number of amides is 1. The van der Waals surface area contributed by atoms with E-state index in [4.69, 9.17) is 4.74 Å². The monoisotopic (exact) mass is 445 g/mol. The molecule has 9 heteroatoms. The van der Waals surface area contributed by atoms with Gasteiger partial charge in [-0.2, -0.15) is 0 Å². The molecule has 2 fully saturated rings. The van der Waals surface area contributed by atoms with E-state index in [1.54, 1.807) is 11.3 Å². The molecule has 2 saturated heterocycles. The van der Waals surface area contributed by atoms with Crippen molar-refractivity contribution in [3.05, 3.63) is 20.8 Å². The molecular formula is C14H22BrCl2N3O2S. The lowest BCUT2D eigenvalue weighted by Crippen LogP contribution is -2.54. The van der Waals surface area contributed by atoms with E-state index in [1.165, 1.54) is 8.66 Å². The summed E-state index contributed by atoms with van der Waals surface area (Å²) >= 11 is 5.27. The van der Waals surface area contributed by atoms with E-state index in [1.807, 2.05) is 4.90 Å². The van der Waals surface area contributed by atoms with Crippen molar-refractivity contribution in [2.24, 2.45) is 0 Å². The van der Waals surface area contributed by atoms with Crippen LogP contribution in [0.2, 0.25) is 0 Å². The third kappa shape index (κ3) is 5.85. The molecular weight excluding hydrogens is 425 g/mol. The van der Waals surface area contributed by atoms with Gasteiger partial charge in [0.05, 0.1) is 10.4 Å². The highest BCUT2D eigenvalue weighted by Crippen LogP contribution is 2.23. The van der Waals surface area contributed by atoms with E-state index in [-0.39, 0.29) is 36.8 Å². The highest BCUT2D eigenvalue weighted by atomic mass is 79.9. The zero-order chi connectivity index (χ0) is 14.7. The molecule has 0 saturated carbocycles. The molecule has 1 N–H and O–H groups in total. The number of carbonyl (C=O) groups is 1. The molecule has 3 rings (SSSR count). The summed E-state index contributed by atoms with van der Waals surface area (Å²) in [6, 6.07) is 4.25. The number of thiophene rings is 1.